The van der Waals surface area contributed by atoms with Crippen LogP contribution in [0.1, 0.15) is 0 Å². The fourth-order valence-electron chi connectivity index (χ4n) is 12.1. The third kappa shape index (κ3) is 6.13. The third-order valence-corrected chi connectivity index (χ3v) is 16.4. The molecule has 0 saturated heterocycles. The highest BCUT2D eigenvalue weighted by Crippen LogP contribution is 2.52. The first kappa shape index (κ1) is 40.8. The predicted molar refractivity (Wildman–Crippen MR) is 311 cm³/mol. The molecule has 2 aromatic heterocycles. The molecule has 1 nitrogen and oxygen atoms in total. The van der Waals surface area contributed by atoms with E-state index in [0.717, 1.165) is 0 Å². The summed E-state index contributed by atoms with van der Waals surface area (Å²) >= 11 is 1.92. The molecule has 15 rings (SSSR count). The van der Waals surface area contributed by atoms with E-state index in [4.69, 9.17) is 0 Å². The molecule has 2 heteroatoms. The first-order valence-corrected chi connectivity index (χ1v) is 25.7. The van der Waals surface area contributed by atoms with Crippen LogP contribution >= 0.6 is 11.3 Å². The van der Waals surface area contributed by atoms with E-state index < -0.39 is 0 Å². The summed E-state index contributed by atoms with van der Waals surface area (Å²) in [4.78, 5) is 0. The van der Waals surface area contributed by atoms with E-state index in [0.29, 0.717) is 0 Å². The fourth-order valence-corrected chi connectivity index (χ4v) is 13.4. The lowest BCUT2D eigenvalue weighted by molar-refractivity contribution is 1.21. The van der Waals surface area contributed by atoms with Crippen molar-refractivity contribution in [2.24, 2.45) is 0 Å². The van der Waals surface area contributed by atoms with Gasteiger partial charge in [-0.3, -0.25) is 0 Å². The highest BCUT2D eigenvalue weighted by molar-refractivity contribution is 7.26. The Morgan fingerprint density at radius 1 is 0.250 bits per heavy atom. The Kier molecular flexibility index (Phi) is 9.20. The van der Waals surface area contributed by atoms with E-state index >= 15 is 0 Å². The first-order chi connectivity index (χ1) is 35.8. The summed E-state index contributed by atoms with van der Waals surface area (Å²) in [6, 6.07) is 96.7. The van der Waals surface area contributed by atoms with E-state index in [1.54, 1.807) is 0 Å². The van der Waals surface area contributed by atoms with Crippen LogP contribution < -0.4 is 0 Å². The van der Waals surface area contributed by atoms with Gasteiger partial charge in [0.25, 0.3) is 0 Å². The SMILES string of the molecule is c1ccc(-c2ccc3c(c2)c2cc(-c4ccccc4)ccc2n3-c2c3ccccc3c(-c3cccc4sc5c(-c6c7ccccc7c(-c7ccccc7)c7ccccc67)cccc5c34)c3ccccc23)cc1. The maximum atomic E-state index is 2.55. The van der Waals surface area contributed by atoms with Crippen LogP contribution in [0.4, 0.5) is 0 Å². The van der Waals surface area contributed by atoms with Crippen molar-refractivity contribution in [2.45, 2.75) is 0 Å². The number of hydrogen-bond donors (Lipinski definition) is 0. The quantitative estimate of drug-likeness (QED) is 0.146. The Morgan fingerprint density at radius 2 is 0.639 bits per heavy atom. The minimum Gasteiger partial charge on any atom is -0.308 e. The zero-order valence-electron chi connectivity index (χ0n) is 39.2. The Balaban J connectivity index is 0.999. The normalized spacial score (nSPS) is 11.9. The molecule has 0 radical (unpaired) electrons. The monoisotopic (exact) mass is 929 g/mol. The molecule has 0 fully saturated rings. The Bertz CT molecular complexity index is 4450. The largest absolute Gasteiger partial charge is 0.308 e. The summed E-state index contributed by atoms with van der Waals surface area (Å²) in [6.45, 7) is 0. The molecule has 0 aliphatic heterocycles. The molecule has 0 aliphatic rings. The van der Waals surface area contributed by atoms with Gasteiger partial charge in [0.15, 0.2) is 0 Å². The van der Waals surface area contributed by atoms with Crippen LogP contribution in [0, 0.1) is 0 Å². The highest BCUT2D eigenvalue weighted by Gasteiger charge is 2.25. The lowest BCUT2D eigenvalue weighted by Gasteiger charge is -2.20. The second kappa shape index (κ2) is 16.2. The number of aromatic nitrogens is 1. The molecule has 72 heavy (non-hydrogen) atoms. The average Bonchev–Trinajstić information content (AvgIpc) is 4.00. The summed E-state index contributed by atoms with van der Waals surface area (Å²) in [5.41, 5.74) is 16.0. The first-order valence-electron chi connectivity index (χ1n) is 24.8. The van der Waals surface area contributed by atoms with Gasteiger partial charge < -0.3 is 4.57 Å². The number of nitrogens with zero attached hydrogens (tertiary/aromatic N) is 1. The van der Waals surface area contributed by atoms with Gasteiger partial charge in [-0.05, 0) is 113 Å². The Morgan fingerprint density at radius 3 is 1.15 bits per heavy atom. The summed E-state index contributed by atoms with van der Waals surface area (Å²) in [5, 5.41) is 15.0. The number of thiophene rings is 1. The summed E-state index contributed by atoms with van der Waals surface area (Å²) in [7, 11) is 0. The van der Waals surface area contributed by atoms with Crippen LogP contribution in [0.5, 0.6) is 0 Å². The van der Waals surface area contributed by atoms with E-state index in [1.807, 2.05) is 11.3 Å². The number of fused-ring (bicyclic) bond motifs is 10. The molecule has 0 bridgehead atoms. The minimum absolute atomic E-state index is 1.19. The zero-order valence-corrected chi connectivity index (χ0v) is 40.0. The van der Waals surface area contributed by atoms with Crippen LogP contribution in [0.15, 0.2) is 261 Å². The van der Waals surface area contributed by atoms with E-state index in [2.05, 4.69) is 265 Å². The molecule has 2 heterocycles. The molecule has 0 spiro atoms. The van der Waals surface area contributed by atoms with Gasteiger partial charge in [0, 0.05) is 47.3 Å². The molecule has 0 amide bonds. The van der Waals surface area contributed by atoms with Gasteiger partial charge in [-0.25, -0.2) is 0 Å². The van der Waals surface area contributed by atoms with Crippen LogP contribution in [0.3, 0.4) is 0 Å². The summed E-state index contributed by atoms with van der Waals surface area (Å²) in [5.74, 6) is 0. The predicted octanol–water partition coefficient (Wildman–Crippen LogP) is 20.1. The van der Waals surface area contributed by atoms with Gasteiger partial charge in [0.2, 0.25) is 0 Å². The van der Waals surface area contributed by atoms with Gasteiger partial charge in [0.05, 0.1) is 16.7 Å². The third-order valence-electron chi connectivity index (χ3n) is 15.2. The standard InChI is InChI=1S/C70H43NS/c1-4-20-44(21-5-1)47-38-40-62-60(42-47)61-43-48(45-22-6-2-7-23-45)39-41-63(61)71(62)69-55-32-16-14-30-53(55)66(54-31-15-17-33-56(54)69)57-34-19-37-64-68(57)59-36-18-35-58(70(59)72-64)67-51-28-12-10-26-49(51)65(46-24-8-3-9-25-46)50-27-11-13-29-52(50)67/h1-43H. The van der Waals surface area contributed by atoms with Crippen molar-refractivity contribution < 1.29 is 0 Å². The van der Waals surface area contributed by atoms with Crippen molar-refractivity contribution in [1.82, 2.24) is 4.57 Å². The van der Waals surface area contributed by atoms with Crippen molar-refractivity contribution in [3.05, 3.63) is 261 Å². The van der Waals surface area contributed by atoms with Crippen molar-refractivity contribution in [3.8, 4) is 61.3 Å². The smallest absolute Gasteiger partial charge is 0.0619 e. The van der Waals surface area contributed by atoms with E-state index in [1.165, 1.54) is 146 Å². The maximum absolute atomic E-state index is 2.55. The van der Waals surface area contributed by atoms with Crippen LogP contribution in [-0.2, 0) is 0 Å². The number of benzene rings is 13. The van der Waals surface area contributed by atoms with E-state index in [9.17, 15) is 0 Å². The van der Waals surface area contributed by atoms with Gasteiger partial charge in [-0.15, -0.1) is 11.3 Å². The molecule has 334 valence electrons. The van der Waals surface area contributed by atoms with Crippen molar-refractivity contribution in [1.29, 1.82) is 0 Å². The molecule has 0 atom stereocenters. The molecule has 0 N–H and O–H groups in total. The second-order valence-electron chi connectivity index (χ2n) is 19.0. The van der Waals surface area contributed by atoms with Gasteiger partial charge in [-0.1, -0.05) is 231 Å². The van der Waals surface area contributed by atoms with Crippen LogP contribution in [-0.4, -0.2) is 4.57 Å². The van der Waals surface area contributed by atoms with Crippen LogP contribution in [0.25, 0.3) is 146 Å². The van der Waals surface area contributed by atoms with Crippen molar-refractivity contribution in [2.75, 3.05) is 0 Å². The van der Waals surface area contributed by atoms with Crippen LogP contribution in [0.2, 0.25) is 0 Å². The fraction of sp³-hybridized carbons (Fsp3) is 0. The summed E-state index contributed by atoms with van der Waals surface area (Å²) in [6.07, 6.45) is 0. The number of hydrogen-bond acceptors (Lipinski definition) is 1. The van der Waals surface area contributed by atoms with Gasteiger partial charge in [-0.2, -0.15) is 0 Å². The highest BCUT2D eigenvalue weighted by atomic mass is 32.1. The molecule has 0 aliphatic carbocycles. The second-order valence-corrected chi connectivity index (χ2v) is 20.1. The maximum Gasteiger partial charge on any atom is 0.0619 e. The molecular formula is C70H43NS. The van der Waals surface area contributed by atoms with Crippen molar-refractivity contribution >= 4 is 96.4 Å². The zero-order chi connectivity index (χ0) is 47.3. The molecule has 0 unspecified atom stereocenters. The molecule has 15 aromatic rings. The van der Waals surface area contributed by atoms with Gasteiger partial charge in [0.1, 0.15) is 0 Å². The minimum atomic E-state index is 1.19. The lowest BCUT2D eigenvalue weighted by Crippen LogP contribution is -1.99. The number of rotatable bonds is 6. The molecule has 0 saturated carbocycles. The van der Waals surface area contributed by atoms with Crippen molar-refractivity contribution in [3.63, 3.8) is 0 Å². The van der Waals surface area contributed by atoms with Gasteiger partial charge >= 0.3 is 0 Å². The summed E-state index contributed by atoms with van der Waals surface area (Å²) < 4.78 is 5.14. The Hall–Kier alpha value is -9.08. The van der Waals surface area contributed by atoms with E-state index in [-0.39, 0.29) is 0 Å². The Labute approximate surface area is 420 Å². The topological polar surface area (TPSA) is 4.93 Å². The average molecular weight is 930 g/mol. The molecular weight excluding hydrogens is 887 g/mol. The lowest BCUT2D eigenvalue weighted by atomic mass is 9.85. The molecule has 13 aromatic carbocycles.